The van der Waals surface area contributed by atoms with E-state index in [-0.39, 0.29) is 12.0 Å². The summed E-state index contributed by atoms with van der Waals surface area (Å²) in [5.74, 6) is -2.73. The molecule has 0 radical (unpaired) electrons. The third-order valence-corrected chi connectivity index (χ3v) is 2.59. The molecule has 14 heavy (non-hydrogen) atoms. The lowest BCUT2D eigenvalue weighted by atomic mass is 10.0. The molecule has 0 atom stereocenters. The zero-order valence-electron chi connectivity index (χ0n) is 7.49. The van der Waals surface area contributed by atoms with Crippen molar-refractivity contribution < 1.29 is 8.78 Å². The van der Waals surface area contributed by atoms with Gasteiger partial charge in [0.1, 0.15) is 0 Å². The van der Waals surface area contributed by atoms with Gasteiger partial charge in [0.15, 0.2) is 0 Å². The van der Waals surface area contributed by atoms with Crippen LogP contribution in [0.1, 0.15) is 18.4 Å². The Labute approximate surface area is 86.1 Å². The van der Waals surface area contributed by atoms with Crippen LogP contribution in [-0.2, 0) is 5.92 Å². The van der Waals surface area contributed by atoms with E-state index < -0.39 is 5.92 Å². The van der Waals surface area contributed by atoms with Gasteiger partial charge in [-0.25, -0.2) is 8.78 Å². The maximum atomic E-state index is 13.5. The van der Waals surface area contributed by atoms with Crippen LogP contribution in [0.25, 0.3) is 0 Å². The molecule has 1 aliphatic heterocycles. The second-order valence-corrected chi connectivity index (χ2v) is 3.86. The molecular formula is C10H10ClF2N. The number of halogens is 3. The van der Waals surface area contributed by atoms with Gasteiger partial charge in [-0.05, 0) is 24.6 Å². The fourth-order valence-corrected chi connectivity index (χ4v) is 1.82. The van der Waals surface area contributed by atoms with E-state index in [1.807, 2.05) is 0 Å². The number of nitrogens with one attached hydrogen (secondary N) is 1. The lowest BCUT2D eigenvalue weighted by Gasteiger charge is -2.16. The molecule has 4 heteroatoms. The van der Waals surface area contributed by atoms with Gasteiger partial charge >= 0.3 is 0 Å². The van der Waals surface area contributed by atoms with Crippen LogP contribution in [0.2, 0.25) is 5.02 Å². The number of hydrogen-bond acceptors (Lipinski definition) is 1. The Morgan fingerprint density at radius 1 is 1.36 bits per heavy atom. The van der Waals surface area contributed by atoms with Crippen LogP contribution in [0.15, 0.2) is 18.2 Å². The first-order valence-electron chi connectivity index (χ1n) is 4.51. The van der Waals surface area contributed by atoms with Crippen LogP contribution in [0.3, 0.4) is 0 Å². The monoisotopic (exact) mass is 217 g/mol. The average molecular weight is 218 g/mol. The first-order chi connectivity index (χ1) is 6.59. The normalized spacial score (nSPS) is 19.4. The Bertz CT molecular complexity index is 352. The highest BCUT2D eigenvalue weighted by atomic mass is 35.5. The minimum Gasteiger partial charge on any atom is -0.385 e. The first kappa shape index (κ1) is 9.71. The summed E-state index contributed by atoms with van der Waals surface area (Å²) in [6, 6.07) is 4.45. The Hall–Kier alpha value is -0.830. The van der Waals surface area contributed by atoms with Crippen molar-refractivity contribution >= 4 is 17.3 Å². The highest BCUT2D eigenvalue weighted by molar-refractivity contribution is 6.30. The number of anilines is 1. The van der Waals surface area contributed by atoms with Crippen LogP contribution in [0, 0.1) is 0 Å². The standard InChI is InChI=1S/C10H10ClF2N/c11-7-2-3-8-9(6-7)14-5-1-4-10(8,12)13/h2-3,6,14H,1,4-5H2. The van der Waals surface area contributed by atoms with Gasteiger partial charge in [-0.3, -0.25) is 0 Å². The Balaban J connectivity index is 2.50. The van der Waals surface area contributed by atoms with E-state index in [9.17, 15) is 8.78 Å². The summed E-state index contributed by atoms with van der Waals surface area (Å²) in [4.78, 5) is 0. The molecule has 1 aromatic rings. The quantitative estimate of drug-likeness (QED) is 0.700. The summed E-state index contributed by atoms with van der Waals surface area (Å²) >= 11 is 5.74. The summed E-state index contributed by atoms with van der Waals surface area (Å²) < 4.78 is 27.0. The van der Waals surface area contributed by atoms with Gasteiger partial charge in [-0.1, -0.05) is 11.6 Å². The SMILES string of the molecule is FC1(F)CCCNc2cc(Cl)ccc21. The van der Waals surface area contributed by atoms with E-state index in [0.29, 0.717) is 23.7 Å². The van der Waals surface area contributed by atoms with Gasteiger partial charge in [-0.15, -0.1) is 0 Å². The van der Waals surface area contributed by atoms with E-state index in [4.69, 9.17) is 11.6 Å². The molecule has 0 saturated heterocycles. The Morgan fingerprint density at radius 3 is 2.93 bits per heavy atom. The number of benzene rings is 1. The lowest BCUT2D eigenvalue weighted by molar-refractivity contribution is -0.0120. The van der Waals surface area contributed by atoms with E-state index >= 15 is 0 Å². The highest BCUT2D eigenvalue weighted by Crippen LogP contribution is 2.40. The molecule has 0 fully saturated rings. The maximum absolute atomic E-state index is 13.5. The molecule has 0 aromatic heterocycles. The van der Waals surface area contributed by atoms with Gasteiger partial charge in [0.2, 0.25) is 0 Å². The van der Waals surface area contributed by atoms with Crippen molar-refractivity contribution in [2.45, 2.75) is 18.8 Å². The molecule has 0 amide bonds. The molecule has 0 bridgehead atoms. The van der Waals surface area contributed by atoms with Crippen LogP contribution in [-0.4, -0.2) is 6.54 Å². The van der Waals surface area contributed by atoms with Crippen molar-refractivity contribution in [3.05, 3.63) is 28.8 Å². The van der Waals surface area contributed by atoms with Crippen molar-refractivity contribution in [2.24, 2.45) is 0 Å². The highest BCUT2D eigenvalue weighted by Gasteiger charge is 2.34. The molecule has 1 aliphatic rings. The molecule has 0 spiro atoms. The van der Waals surface area contributed by atoms with Gasteiger partial charge in [0.25, 0.3) is 5.92 Å². The molecule has 1 heterocycles. The van der Waals surface area contributed by atoms with Crippen molar-refractivity contribution in [1.82, 2.24) is 0 Å². The molecule has 0 aliphatic carbocycles. The smallest absolute Gasteiger partial charge is 0.275 e. The lowest BCUT2D eigenvalue weighted by Crippen LogP contribution is -2.12. The Kier molecular flexibility index (Phi) is 2.35. The van der Waals surface area contributed by atoms with E-state index in [0.717, 1.165) is 0 Å². The fourth-order valence-electron chi connectivity index (χ4n) is 1.65. The van der Waals surface area contributed by atoms with Gasteiger partial charge in [0, 0.05) is 29.2 Å². The van der Waals surface area contributed by atoms with Crippen molar-refractivity contribution in [3.8, 4) is 0 Å². The molecule has 0 saturated carbocycles. The largest absolute Gasteiger partial charge is 0.385 e. The molecule has 1 nitrogen and oxygen atoms in total. The maximum Gasteiger partial charge on any atom is 0.275 e. The molecule has 0 unspecified atom stereocenters. The number of alkyl halides is 2. The minimum atomic E-state index is -2.73. The van der Waals surface area contributed by atoms with Crippen LogP contribution >= 0.6 is 11.6 Å². The summed E-state index contributed by atoms with van der Waals surface area (Å²) in [5.41, 5.74) is 0.513. The molecular weight excluding hydrogens is 208 g/mol. The Morgan fingerprint density at radius 2 is 2.14 bits per heavy atom. The van der Waals surface area contributed by atoms with Crippen molar-refractivity contribution in [2.75, 3.05) is 11.9 Å². The van der Waals surface area contributed by atoms with Crippen molar-refractivity contribution in [3.63, 3.8) is 0 Å². The second-order valence-electron chi connectivity index (χ2n) is 3.42. The summed E-state index contributed by atoms with van der Waals surface area (Å²) in [6.07, 6.45) is 0.369. The second kappa shape index (κ2) is 3.39. The van der Waals surface area contributed by atoms with Gasteiger partial charge in [0.05, 0.1) is 0 Å². The number of hydrogen-bond donors (Lipinski definition) is 1. The van der Waals surface area contributed by atoms with E-state index in [1.165, 1.54) is 12.1 Å². The predicted molar refractivity (Wildman–Crippen MR) is 53.1 cm³/mol. The number of fused-ring (bicyclic) bond motifs is 1. The minimum absolute atomic E-state index is 0.0550. The topological polar surface area (TPSA) is 12.0 Å². The number of rotatable bonds is 0. The first-order valence-corrected chi connectivity index (χ1v) is 4.89. The van der Waals surface area contributed by atoms with Crippen LogP contribution < -0.4 is 5.32 Å². The van der Waals surface area contributed by atoms with Crippen molar-refractivity contribution in [1.29, 1.82) is 0 Å². The molecule has 76 valence electrons. The van der Waals surface area contributed by atoms with Gasteiger partial charge < -0.3 is 5.32 Å². The van der Waals surface area contributed by atoms with Gasteiger partial charge in [-0.2, -0.15) is 0 Å². The van der Waals surface area contributed by atoms with Crippen LogP contribution in [0.5, 0.6) is 0 Å². The van der Waals surface area contributed by atoms with E-state index in [1.54, 1.807) is 6.07 Å². The predicted octanol–water partition coefficient (Wildman–Crippen LogP) is 3.64. The zero-order chi connectivity index (χ0) is 10.2. The average Bonchev–Trinajstić information content (AvgIpc) is 2.25. The molecule has 1 aromatic carbocycles. The molecule has 2 rings (SSSR count). The summed E-state index contributed by atoms with van der Waals surface area (Å²) in [5, 5.41) is 3.44. The third-order valence-electron chi connectivity index (χ3n) is 2.36. The third kappa shape index (κ3) is 1.69. The summed E-state index contributed by atoms with van der Waals surface area (Å²) in [7, 11) is 0. The van der Waals surface area contributed by atoms with Crippen LogP contribution in [0.4, 0.5) is 14.5 Å². The zero-order valence-corrected chi connectivity index (χ0v) is 8.24. The molecule has 1 N–H and O–H groups in total. The fraction of sp³-hybridized carbons (Fsp3) is 0.400. The van der Waals surface area contributed by atoms with E-state index in [2.05, 4.69) is 5.32 Å². The summed E-state index contributed by atoms with van der Waals surface area (Å²) in [6.45, 7) is 0.572.